The lowest BCUT2D eigenvalue weighted by Crippen LogP contribution is -2.33. The Hall–Kier alpha value is -2.57. The Kier molecular flexibility index (Phi) is 4.76. The van der Waals surface area contributed by atoms with E-state index < -0.39 is 17.8 Å². The molecule has 21 heavy (non-hydrogen) atoms. The molecule has 0 aromatic carbocycles. The molecule has 1 unspecified atom stereocenters. The maximum absolute atomic E-state index is 11.9. The third-order valence-corrected chi connectivity index (χ3v) is 3.09. The molecule has 0 aliphatic carbocycles. The third kappa shape index (κ3) is 3.71. The molecule has 112 valence electrons. The number of furan rings is 1. The van der Waals surface area contributed by atoms with Crippen LogP contribution >= 0.6 is 0 Å². The second-order valence-corrected chi connectivity index (χ2v) is 4.68. The number of carboxylic acid groups (broad SMARTS) is 1. The van der Waals surface area contributed by atoms with E-state index >= 15 is 0 Å². The normalized spacial score (nSPS) is 12.0. The zero-order valence-corrected chi connectivity index (χ0v) is 11.6. The zero-order chi connectivity index (χ0) is 15.2. The minimum absolute atomic E-state index is 0.0882. The number of carboxylic acids is 1. The first kappa shape index (κ1) is 14.8. The number of amides is 1. The second-order valence-electron chi connectivity index (χ2n) is 4.68. The molecule has 2 aromatic heterocycles. The van der Waals surface area contributed by atoms with Crippen LogP contribution in [0.15, 0.2) is 28.9 Å². The van der Waals surface area contributed by atoms with Gasteiger partial charge < -0.3 is 14.8 Å². The van der Waals surface area contributed by atoms with E-state index in [-0.39, 0.29) is 12.2 Å². The van der Waals surface area contributed by atoms with Gasteiger partial charge in [0.2, 0.25) is 0 Å². The molecular weight excluding hydrogens is 274 g/mol. The van der Waals surface area contributed by atoms with Gasteiger partial charge in [-0.15, -0.1) is 0 Å². The fourth-order valence-electron chi connectivity index (χ4n) is 1.96. The summed E-state index contributed by atoms with van der Waals surface area (Å²) in [6.07, 6.45) is 2.80. The van der Waals surface area contributed by atoms with Crippen molar-refractivity contribution in [3.63, 3.8) is 0 Å². The van der Waals surface area contributed by atoms with E-state index in [1.807, 2.05) is 6.92 Å². The summed E-state index contributed by atoms with van der Waals surface area (Å²) in [7, 11) is 0. The topological polar surface area (TPSA) is 108 Å². The van der Waals surface area contributed by atoms with Crippen LogP contribution in [-0.4, -0.2) is 33.7 Å². The number of hydrogen-bond donors (Lipinski definition) is 3. The van der Waals surface area contributed by atoms with Crippen LogP contribution in [0.25, 0.3) is 11.5 Å². The first-order chi connectivity index (χ1) is 10.1. The first-order valence-corrected chi connectivity index (χ1v) is 6.72. The van der Waals surface area contributed by atoms with Crippen LogP contribution in [0.5, 0.6) is 0 Å². The van der Waals surface area contributed by atoms with E-state index in [1.54, 1.807) is 18.2 Å². The molecule has 1 atom stereocenters. The van der Waals surface area contributed by atoms with E-state index in [1.165, 1.54) is 6.26 Å². The average molecular weight is 291 g/mol. The standard InChI is InChI=1S/C14H17N3O4/c1-2-4-9(14(19)20)8-15-13(18)11-7-10(16-17-11)12-5-3-6-21-12/h3,5-7,9H,2,4,8H2,1H3,(H,15,18)(H,16,17)(H,19,20). The molecule has 2 heterocycles. The summed E-state index contributed by atoms with van der Waals surface area (Å²) in [5.41, 5.74) is 0.788. The highest BCUT2D eigenvalue weighted by atomic mass is 16.4. The molecule has 1 amide bonds. The van der Waals surface area contributed by atoms with Gasteiger partial charge in [-0.1, -0.05) is 13.3 Å². The number of carbonyl (C=O) groups excluding carboxylic acids is 1. The molecule has 7 heteroatoms. The third-order valence-electron chi connectivity index (χ3n) is 3.09. The second kappa shape index (κ2) is 6.74. The molecular formula is C14H17N3O4. The van der Waals surface area contributed by atoms with Crippen LogP contribution in [0.2, 0.25) is 0 Å². The lowest BCUT2D eigenvalue weighted by Gasteiger charge is -2.11. The summed E-state index contributed by atoms with van der Waals surface area (Å²) < 4.78 is 5.19. The van der Waals surface area contributed by atoms with Gasteiger partial charge in [0.05, 0.1) is 12.2 Å². The van der Waals surface area contributed by atoms with Gasteiger partial charge in [-0.05, 0) is 18.6 Å². The molecule has 2 rings (SSSR count). The maximum Gasteiger partial charge on any atom is 0.308 e. The average Bonchev–Trinajstić information content (AvgIpc) is 3.11. The molecule has 0 saturated heterocycles. The van der Waals surface area contributed by atoms with Crippen LogP contribution in [0.1, 0.15) is 30.3 Å². The fraction of sp³-hybridized carbons (Fsp3) is 0.357. The number of H-pyrrole nitrogens is 1. The smallest absolute Gasteiger partial charge is 0.308 e. The van der Waals surface area contributed by atoms with Gasteiger partial charge >= 0.3 is 5.97 Å². The minimum Gasteiger partial charge on any atom is -0.481 e. The van der Waals surface area contributed by atoms with Crippen molar-refractivity contribution >= 4 is 11.9 Å². The van der Waals surface area contributed by atoms with E-state index in [4.69, 9.17) is 9.52 Å². The van der Waals surface area contributed by atoms with Gasteiger partial charge in [0.15, 0.2) is 11.5 Å². The quantitative estimate of drug-likeness (QED) is 0.722. The monoisotopic (exact) mass is 291 g/mol. The SMILES string of the molecule is CCCC(CNC(=O)c1cc(-c2ccco2)[nH]n1)C(=O)O. The van der Waals surface area contributed by atoms with Gasteiger partial charge in [0, 0.05) is 12.6 Å². The molecule has 2 aromatic rings. The summed E-state index contributed by atoms with van der Waals surface area (Å²) in [6, 6.07) is 5.04. The number of rotatable bonds is 7. The molecule has 0 spiro atoms. The van der Waals surface area contributed by atoms with Crippen molar-refractivity contribution in [1.29, 1.82) is 0 Å². The number of nitrogens with zero attached hydrogens (tertiary/aromatic N) is 1. The van der Waals surface area contributed by atoms with Crippen LogP contribution in [-0.2, 0) is 4.79 Å². The van der Waals surface area contributed by atoms with Gasteiger partial charge in [-0.25, -0.2) is 0 Å². The summed E-state index contributed by atoms with van der Waals surface area (Å²) in [5, 5.41) is 18.2. The van der Waals surface area contributed by atoms with Gasteiger partial charge in [0.1, 0.15) is 5.69 Å². The highest BCUT2D eigenvalue weighted by Crippen LogP contribution is 2.17. The zero-order valence-electron chi connectivity index (χ0n) is 11.6. The molecule has 7 nitrogen and oxygen atoms in total. The van der Waals surface area contributed by atoms with Crippen molar-refractivity contribution in [1.82, 2.24) is 15.5 Å². The van der Waals surface area contributed by atoms with Crippen molar-refractivity contribution in [2.75, 3.05) is 6.54 Å². The van der Waals surface area contributed by atoms with Crippen molar-refractivity contribution < 1.29 is 19.1 Å². The van der Waals surface area contributed by atoms with Crippen molar-refractivity contribution in [2.45, 2.75) is 19.8 Å². The summed E-state index contributed by atoms with van der Waals surface area (Å²) in [5.74, 6) is -1.32. The highest BCUT2D eigenvalue weighted by Gasteiger charge is 2.19. The number of hydrogen-bond acceptors (Lipinski definition) is 4. The molecule has 0 aliphatic rings. The van der Waals surface area contributed by atoms with E-state index in [0.29, 0.717) is 17.9 Å². The predicted molar refractivity (Wildman–Crippen MR) is 74.7 cm³/mol. The largest absolute Gasteiger partial charge is 0.481 e. The van der Waals surface area contributed by atoms with E-state index in [2.05, 4.69) is 15.5 Å². The van der Waals surface area contributed by atoms with Crippen LogP contribution < -0.4 is 5.32 Å². The maximum atomic E-state index is 11.9. The Morgan fingerprint density at radius 2 is 2.33 bits per heavy atom. The molecule has 0 aliphatic heterocycles. The molecule has 0 saturated carbocycles. The Bertz CT molecular complexity index is 604. The first-order valence-electron chi connectivity index (χ1n) is 6.72. The van der Waals surface area contributed by atoms with Crippen LogP contribution in [0, 0.1) is 5.92 Å². The minimum atomic E-state index is -0.907. The lowest BCUT2D eigenvalue weighted by atomic mass is 10.0. The molecule has 0 radical (unpaired) electrons. The summed E-state index contributed by atoms with van der Waals surface area (Å²) >= 11 is 0. The lowest BCUT2D eigenvalue weighted by molar-refractivity contribution is -0.141. The number of aromatic amines is 1. The molecule has 3 N–H and O–H groups in total. The summed E-state index contributed by atoms with van der Waals surface area (Å²) in [6.45, 7) is 1.99. The van der Waals surface area contributed by atoms with Gasteiger partial charge in [-0.3, -0.25) is 14.7 Å². The van der Waals surface area contributed by atoms with Crippen molar-refractivity contribution in [3.8, 4) is 11.5 Å². The van der Waals surface area contributed by atoms with Crippen molar-refractivity contribution in [3.05, 3.63) is 30.2 Å². The van der Waals surface area contributed by atoms with E-state index in [9.17, 15) is 9.59 Å². The number of nitrogens with one attached hydrogen (secondary N) is 2. The molecule has 0 fully saturated rings. The Labute approximate surface area is 121 Å². The number of aliphatic carboxylic acids is 1. The Morgan fingerprint density at radius 1 is 1.52 bits per heavy atom. The van der Waals surface area contributed by atoms with Gasteiger partial charge in [0.25, 0.3) is 5.91 Å². The van der Waals surface area contributed by atoms with Crippen LogP contribution in [0.3, 0.4) is 0 Å². The number of carbonyl (C=O) groups is 2. The highest BCUT2D eigenvalue weighted by molar-refractivity contribution is 5.93. The number of aromatic nitrogens is 2. The molecule has 0 bridgehead atoms. The summed E-state index contributed by atoms with van der Waals surface area (Å²) in [4.78, 5) is 23.0. The van der Waals surface area contributed by atoms with E-state index in [0.717, 1.165) is 6.42 Å². The fourth-order valence-corrected chi connectivity index (χ4v) is 1.96. The predicted octanol–water partition coefficient (Wildman–Crippen LogP) is 1.90. The van der Waals surface area contributed by atoms with Crippen LogP contribution in [0.4, 0.5) is 0 Å². The Morgan fingerprint density at radius 3 is 2.95 bits per heavy atom. The van der Waals surface area contributed by atoms with Crippen molar-refractivity contribution in [2.24, 2.45) is 5.92 Å². The van der Waals surface area contributed by atoms with Gasteiger partial charge in [-0.2, -0.15) is 5.10 Å². The Balaban J connectivity index is 1.96.